The Labute approximate surface area is 144 Å². The Morgan fingerprint density at radius 1 is 1.12 bits per heavy atom. The van der Waals surface area contributed by atoms with Crippen molar-refractivity contribution in [3.05, 3.63) is 54.1 Å². The highest BCUT2D eigenvalue weighted by Crippen LogP contribution is 2.29. The highest BCUT2D eigenvalue weighted by atomic mass is 16.6. The predicted molar refractivity (Wildman–Crippen MR) is 91.0 cm³/mol. The summed E-state index contributed by atoms with van der Waals surface area (Å²) in [5.74, 6) is -0.619. The summed E-state index contributed by atoms with van der Waals surface area (Å²) in [6.45, 7) is 3.03. The van der Waals surface area contributed by atoms with Crippen molar-refractivity contribution < 1.29 is 23.6 Å². The number of hydrogen-bond acceptors (Lipinski definition) is 6. The zero-order chi connectivity index (χ0) is 17.8. The lowest BCUT2D eigenvalue weighted by molar-refractivity contribution is -0.150. The fourth-order valence-corrected chi connectivity index (χ4v) is 2.37. The molecule has 0 aliphatic heterocycles. The summed E-state index contributed by atoms with van der Waals surface area (Å²) < 4.78 is 15.3. The number of ether oxygens (including phenoxy) is 2. The van der Waals surface area contributed by atoms with E-state index in [0.717, 1.165) is 5.56 Å². The molecule has 1 heterocycles. The van der Waals surface area contributed by atoms with Gasteiger partial charge in [-0.2, -0.15) is 0 Å². The van der Waals surface area contributed by atoms with Gasteiger partial charge in [-0.15, -0.1) is 0 Å². The van der Waals surface area contributed by atoms with Gasteiger partial charge in [0.1, 0.15) is 5.52 Å². The normalized spacial score (nSPS) is 10.8. The van der Waals surface area contributed by atoms with Crippen molar-refractivity contribution in [1.29, 1.82) is 0 Å². The van der Waals surface area contributed by atoms with Gasteiger partial charge >= 0.3 is 11.9 Å². The van der Waals surface area contributed by atoms with Crippen LogP contribution in [0, 0.1) is 0 Å². The molecule has 6 heteroatoms. The third-order valence-electron chi connectivity index (χ3n) is 3.44. The van der Waals surface area contributed by atoms with Crippen LogP contribution < -0.4 is 0 Å². The first-order chi connectivity index (χ1) is 12.0. The number of benzene rings is 2. The second-order valence-electron chi connectivity index (χ2n) is 5.72. The maximum Gasteiger partial charge on any atom is 0.344 e. The average Bonchev–Trinajstić information content (AvgIpc) is 3.03. The summed E-state index contributed by atoms with van der Waals surface area (Å²) >= 11 is 0. The van der Waals surface area contributed by atoms with E-state index in [1.165, 1.54) is 0 Å². The van der Waals surface area contributed by atoms with Crippen molar-refractivity contribution in [1.82, 2.24) is 5.16 Å². The van der Waals surface area contributed by atoms with E-state index in [1.807, 2.05) is 30.3 Å². The van der Waals surface area contributed by atoms with E-state index in [1.54, 1.807) is 32.0 Å². The summed E-state index contributed by atoms with van der Waals surface area (Å²) in [6.07, 6.45) is -0.256. The van der Waals surface area contributed by atoms with Gasteiger partial charge < -0.3 is 14.0 Å². The first kappa shape index (κ1) is 16.7. The smallest absolute Gasteiger partial charge is 0.344 e. The molecule has 0 aliphatic rings. The minimum Gasteiger partial charge on any atom is -0.460 e. The second kappa shape index (κ2) is 7.17. The topological polar surface area (TPSA) is 78.6 Å². The molecule has 0 radical (unpaired) electrons. The van der Waals surface area contributed by atoms with Gasteiger partial charge in [-0.25, -0.2) is 9.59 Å². The maximum absolute atomic E-state index is 12.2. The molecular weight excluding hydrogens is 322 g/mol. The van der Waals surface area contributed by atoms with Gasteiger partial charge in [0.25, 0.3) is 0 Å². The molecule has 0 saturated heterocycles. The summed E-state index contributed by atoms with van der Waals surface area (Å²) in [6, 6.07) is 14.4. The first-order valence-corrected chi connectivity index (χ1v) is 7.86. The zero-order valence-corrected chi connectivity index (χ0v) is 13.9. The number of carbonyl (C=O) groups is 2. The van der Waals surface area contributed by atoms with Crippen LogP contribution in [0.25, 0.3) is 22.2 Å². The molecule has 3 rings (SSSR count). The van der Waals surface area contributed by atoms with Crippen LogP contribution >= 0.6 is 0 Å². The number of rotatable bonds is 5. The molecule has 2 aromatic carbocycles. The quantitative estimate of drug-likeness (QED) is 0.661. The maximum atomic E-state index is 12.2. The minimum atomic E-state index is -0.609. The van der Waals surface area contributed by atoms with E-state index in [-0.39, 0.29) is 6.10 Å². The van der Waals surface area contributed by atoms with Gasteiger partial charge in [-0.05, 0) is 32.0 Å². The van der Waals surface area contributed by atoms with Crippen LogP contribution in [-0.2, 0) is 14.3 Å². The number of esters is 2. The monoisotopic (exact) mass is 339 g/mol. The van der Waals surface area contributed by atoms with E-state index in [0.29, 0.717) is 22.2 Å². The highest BCUT2D eigenvalue weighted by Gasteiger charge is 2.16. The summed E-state index contributed by atoms with van der Waals surface area (Å²) in [4.78, 5) is 23.6. The third-order valence-corrected chi connectivity index (χ3v) is 3.44. The molecular formula is C19H17NO5. The lowest BCUT2D eigenvalue weighted by Gasteiger charge is -2.08. The van der Waals surface area contributed by atoms with Gasteiger partial charge in [-0.3, -0.25) is 0 Å². The molecule has 3 aromatic rings. The van der Waals surface area contributed by atoms with E-state index in [4.69, 9.17) is 14.0 Å². The molecule has 0 atom stereocenters. The Hall–Kier alpha value is -3.15. The van der Waals surface area contributed by atoms with Gasteiger partial charge in [0, 0.05) is 5.56 Å². The van der Waals surface area contributed by atoms with Gasteiger partial charge in [-0.1, -0.05) is 35.5 Å². The van der Waals surface area contributed by atoms with E-state index in [2.05, 4.69) is 5.16 Å². The Morgan fingerprint density at radius 3 is 2.60 bits per heavy atom. The van der Waals surface area contributed by atoms with Crippen molar-refractivity contribution in [2.45, 2.75) is 20.0 Å². The molecule has 0 spiro atoms. The standard InChI is InChI=1S/C19H17NO5/c1-12(2)24-17(21)11-23-19(22)14-8-9-16-15(10-14)18(25-20-16)13-6-4-3-5-7-13/h3-10,12H,11H2,1-2H3. The molecule has 0 bridgehead atoms. The van der Waals surface area contributed by atoms with Crippen LogP contribution in [0.15, 0.2) is 53.1 Å². The molecule has 0 saturated carbocycles. The second-order valence-corrected chi connectivity index (χ2v) is 5.72. The number of fused-ring (bicyclic) bond motifs is 1. The summed E-state index contributed by atoms with van der Waals surface area (Å²) in [5.41, 5.74) is 1.80. The van der Waals surface area contributed by atoms with Crippen LogP contribution in [0.2, 0.25) is 0 Å². The predicted octanol–water partition coefficient (Wildman–Crippen LogP) is 3.60. The molecule has 0 amide bonds. The molecule has 0 unspecified atom stereocenters. The number of nitrogens with zero attached hydrogens (tertiary/aromatic N) is 1. The lowest BCUT2D eigenvalue weighted by Crippen LogP contribution is -2.19. The van der Waals surface area contributed by atoms with Crippen LogP contribution in [0.1, 0.15) is 24.2 Å². The Balaban J connectivity index is 1.81. The molecule has 1 aromatic heterocycles. The van der Waals surface area contributed by atoms with Gasteiger partial charge in [0.15, 0.2) is 12.4 Å². The van der Waals surface area contributed by atoms with Crippen molar-refractivity contribution >= 4 is 22.8 Å². The van der Waals surface area contributed by atoms with E-state index < -0.39 is 18.5 Å². The summed E-state index contributed by atoms with van der Waals surface area (Å²) in [7, 11) is 0. The largest absolute Gasteiger partial charge is 0.460 e. The highest BCUT2D eigenvalue weighted by molar-refractivity contribution is 5.99. The van der Waals surface area contributed by atoms with Crippen LogP contribution in [0.5, 0.6) is 0 Å². The van der Waals surface area contributed by atoms with E-state index in [9.17, 15) is 9.59 Å². The molecule has 0 fully saturated rings. The van der Waals surface area contributed by atoms with Gasteiger partial charge in [0.2, 0.25) is 0 Å². The molecule has 0 N–H and O–H groups in total. The number of aromatic nitrogens is 1. The molecule has 25 heavy (non-hydrogen) atoms. The van der Waals surface area contributed by atoms with Crippen molar-refractivity contribution in [2.75, 3.05) is 6.61 Å². The molecule has 128 valence electrons. The molecule has 6 nitrogen and oxygen atoms in total. The Morgan fingerprint density at radius 2 is 1.88 bits per heavy atom. The van der Waals surface area contributed by atoms with Crippen molar-refractivity contribution in [3.63, 3.8) is 0 Å². The fraction of sp³-hybridized carbons (Fsp3) is 0.211. The lowest BCUT2D eigenvalue weighted by atomic mass is 10.1. The zero-order valence-electron chi connectivity index (χ0n) is 13.9. The minimum absolute atomic E-state index is 0.256. The summed E-state index contributed by atoms with van der Waals surface area (Å²) in [5, 5.41) is 4.70. The van der Waals surface area contributed by atoms with E-state index >= 15 is 0 Å². The Bertz CT molecular complexity index is 899. The van der Waals surface area contributed by atoms with Gasteiger partial charge in [0.05, 0.1) is 17.1 Å². The third kappa shape index (κ3) is 3.85. The SMILES string of the molecule is CC(C)OC(=O)COC(=O)c1ccc2noc(-c3ccccc3)c2c1. The number of carbonyl (C=O) groups excluding carboxylic acids is 2. The van der Waals surface area contributed by atoms with Crippen LogP contribution in [0.3, 0.4) is 0 Å². The fourth-order valence-electron chi connectivity index (χ4n) is 2.37. The average molecular weight is 339 g/mol. The number of hydrogen-bond donors (Lipinski definition) is 0. The van der Waals surface area contributed by atoms with Crippen LogP contribution in [-0.4, -0.2) is 29.8 Å². The first-order valence-electron chi connectivity index (χ1n) is 7.86. The van der Waals surface area contributed by atoms with Crippen molar-refractivity contribution in [2.24, 2.45) is 0 Å². The van der Waals surface area contributed by atoms with Crippen molar-refractivity contribution in [3.8, 4) is 11.3 Å². The molecule has 0 aliphatic carbocycles. The Kier molecular flexibility index (Phi) is 4.79. The van der Waals surface area contributed by atoms with Crippen LogP contribution in [0.4, 0.5) is 0 Å².